The van der Waals surface area contributed by atoms with Gasteiger partial charge in [0.05, 0.1) is 17.1 Å². The molecule has 43 heavy (non-hydrogen) atoms. The average Bonchev–Trinajstić information content (AvgIpc) is 2.92. The number of rotatable bonds is 9. The molecule has 1 aromatic heterocycles. The summed E-state index contributed by atoms with van der Waals surface area (Å²) >= 11 is 0. The molecule has 4 nitrogen and oxygen atoms in total. The number of ketones is 1. The van der Waals surface area contributed by atoms with E-state index in [-0.39, 0.29) is 43.5 Å². The van der Waals surface area contributed by atoms with Gasteiger partial charge in [0.25, 0.3) is 0 Å². The van der Waals surface area contributed by atoms with E-state index >= 15 is 0 Å². The minimum atomic E-state index is -0.0119. The van der Waals surface area contributed by atoms with Gasteiger partial charge in [0.1, 0.15) is 0 Å². The smallest absolute Gasteiger partial charge is 0.162 e. The van der Waals surface area contributed by atoms with Crippen molar-refractivity contribution in [3.05, 3.63) is 84.3 Å². The van der Waals surface area contributed by atoms with Crippen molar-refractivity contribution in [1.29, 1.82) is 0 Å². The summed E-state index contributed by atoms with van der Waals surface area (Å²) in [6, 6.07) is 22.1. The van der Waals surface area contributed by atoms with Gasteiger partial charge >= 0.3 is 0 Å². The van der Waals surface area contributed by atoms with Gasteiger partial charge in [0, 0.05) is 55.0 Å². The Morgan fingerprint density at radius 2 is 1.35 bits per heavy atom. The summed E-state index contributed by atoms with van der Waals surface area (Å²) in [6.07, 6.45) is 3.38. The van der Waals surface area contributed by atoms with E-state index in [0.29, 0.717) is 29.6 Å². The molecule has 0 aliphatic rings. The van der Waals surface area contributed by atoms with Crippen molar-refractivity contribution < 1.29 is 30.0 Å². The summed E-state index contributed by atoms with van der Waals surface area (Å²) in [6.45, 7) is 21.0. The molecule has 1 radical (unpaired) electrons. The second kappa shape index (κ2) is 16.3. The molecule has 0 aliphatic heterocycles. The van der Waals surface area contributed by atoms with E-state index in [2.05, 4.69) is 123 Å². The second-order valence-electron chi connectivity index (χ2n) is 13.1. The first-order valence-corrected chi connectivity index (χ1v) is 15.4. The molecule has 0 saturated carbocycles. The molecule has 1 N–H and O–H groups in total. The van der Waals surface area contributed by atoms with E-state index in [1.54, 1.807) is 0 Å². The molecule has 4 aromatic rings. The summed E-state index contributed by atoms with van der Waals surface area (Å²) in [5, 5.41) is 13.7. The maximum Gasteiger partial charge on any atom is 0.162 e. The molecule has 233 valence electrons. The van der Waals surface area contributed by atoms with Crippen LogP contribution in [0.5, 0.6) is 0 Å². The SMILES string of the molecule is CC(C)C(C(=O)/C=C(\O)C(C(C)C)C(C)C)C(C)C.CC(C)c1c[c-]c(-c2ncc3ccc4ccccc4c3n2)cc1.[Ir]. The third kappa shape index (κ3) is 9.30. The van der Waals surface area contributed by atoms with Crippen molar-refractivity contribution in [1.82, 2.24) is 9.97 Å². The Balaban J connectivity index is 0.000000301. The van der Waals surface area contributed by atoms with Gasteiger partial charge in [-0.25, -0.2) is 0 Å². The third-order valence-electron chi connectivity index (χ3n) is 8.05. The van der Waals surface area contributed by atoms with Gasteiger partial charge in [-0.15, -0.1) is 35.4 Å². The number of carbonyl (C=O) groups is 1. The second-order valence-corrected chi connectivity index (χ2v) is 13.1. The van der Waals surface area contributed by atoms with Crippen molar-refractivity contribution in [2.24, 2.45) is 35.5 Å². The fourth-order valence-corrected chi connectivity index (χ4v) is 6.05. The Hall–Kier alpha value is -2.88. The van der Waals surface area contributed by atoms with Crippen LogP contribution < -0.4 is 0 Å². The first-order chi connectivity index (χ1) is 19.8. The zero-order chi connectivity index (χ0) is 31.1. The number of carbonyl (C=O) groups excluding carboxylic acids is 1. The van der Waals surface area contributed by atoms with Gasteiger partial charge < -0.3 is 5.11 Å². The molecule has 4 rings (SSSR count). The van der Waals surface area contributed by atoms with Crippen molar-refractivity contribution in [2.75, 3.05) is 0 Å². The Morgan fingerprint density at radius 1 is 0.767 bits per heavy atom. The molecule has 0 spiro atoms. The minimum Gasteiger partial charge on any atom is -0.512 e. The molecular weight excluding hydrogens is 709 g/mol. The molecule has 0 fully saturated rings. The van der Waals surface area contributed by atoms with Gasteiger partial charge in [-0.2, -0.15) is 0 Å². The van der Waals surface area contributed by atoms with Crippen molar-refractivity contribution >= 4 is 27.5 Å². The van der Waals surface area contributed by atoms with E-state index in [4.69, 9.17) is 4.98 Å². The van der Waals surface area contributed by atoms with Gasteiger partial charge in [-0.3, -0.25) is 14.8 Å². The number of allylic oxidation sites excluding steroid dienone is 2. The predicted molar refractivity (Wildman–Crippen MR) is 177 cm³/mol. The molecule has 0 aliphatic carbocycles. The van der Waals surface area contributed by atoms with Crippen LogP contribution in [0.4, 0.5) is 0 Å². The van der Waals surface area contributed by atoms with Gasteiger partial charge in [-0.1, -0.05) is 112 Å². The molecule has 1 heterocycles. The van der Waals surface area contributed by atoms with Crippen LogP contribution in [0.1, 0.15) is 80.7 Å². The van der Waals surface area contributed by atoms with Gasteiger partial charge in [0.2, 0.25) is 0 Å². The third-order valence-corrected chi connectivity index (χ3v) is 8.05. The average molecular weight is 758 g/mol. The van der Waals surface area contributed by atoms with Crippen LogP contribution in [0.15, 0.2) is 72.6 Å². The van der Waals surface area contributed by atoms with Crippen LogP contribution in [0.3, 0.4) is 0 Å². The first kappa shape index (κ1) is 36.3. The number of aliphatic hydroxyl groups is 1. The topological polar surface area (TPSA) is 63.1 Å². The Labute approximate surface area is 272 Å². The van der Waals surface area contributed by atoms with E-state index < -0.39 is 0 Å². The van der Waals surface area contributed by atoms with E-state index in [0.717, 1.165) is 27.7 Å². The quantitative estimate of drug-likeness (QED) is 0.0799. The van der Waals surface area contributed by atoms with Crippen LogP contribution in [0, 0.1) is 41.6 Å². The minimum absolute atomic E-state index is 0. The van der Waals surface area contributed by atoms with Crippen molar-refractivity contribution in [2.45, 2.75) is 75.2 Å². The van der Waals surface area contributed by atoms with Crippen LogP contribution in [0.25, 0.3) is 33.1 Å². The maximum atomic E-state index is 12.3. The zero-order valence-corrected chi connectivity index (χ0v) is 29.9. The van der Waals surface area contributed by atoms with Crippen LogP contribution in [-0.2, 0) is 24.9 Å². The summed E-state index contributed by atoms with van der Waals surface area (Å²) in [5.74, 6) is 2.86. The summed E-state index contributed by atoms with van der Waals surface area (Å²) in [4.78, 5) is 21.7. The Kier molecular flexibility index (Phi) is 13.7. The number of aromatic nitrogens is 2. The number of hydrogen-bond acceptors (Lipinski definition) is 4. The standard InChI is InChI=1S/C21H17N2.C17H32O2.Ir/c1-14(2)15-7-10-17(11-8-15)21-22-13-18-12-9-16-5-3-4-6-19(16)20(18)23-21;1-10(2)16(11(3)4)14(18)9-15(19)17(12(5)6)13(7)8;/h3-10,12-14H,1-2H3;9-13,16-18H,1-8H3;/q-1;;/b;14-9-;. The molecular formula is C38H49IrN2O2-. The first-order valence-electron chi connectivity index (χ1n) is 15.4. The Morgan fingerprint density at radius 3 is 1.88 bits per heavy atom. The van der Waals surface area contributed by atoms with Gasteiger partial charge in [0.15, 0.2) is 5.78 Å². The van der Waals surface area contributed by atoms with Crippen LogP contribution in [-0.4, -0.2) is 20.9 Å². The number of benzene rings is 3. The fraction of sp³-hybridized carbons (Fsp3) is 0.447. The molecule has 0 atom stereocenters. The monoisotopic (exact) mass is 758 g/mol. The maximum absolute atomic E-state index is 12.3. The van der Waals surface area contributed by atoms with Gasteiger partial charge in [-0.05, 0) is 29.1 Å². The van der Waals surface area contributed by atoms with Crippen LogP contribution >= 0.6 is 0 Å². The zero-order valence-electron chi connectivity index (χ0n) is 27.5. The van der Waals surface area contributed by atoms with E-state index in [9.17, 15) is 9.90 Å². The molecule has 0 amide bonds. The Bertz CT molecular complexity index is 1490. The van der Waals surface area contributed by atoms with Crippen molar-refractivity contribution in [3.63, 3.8) is 0 Å². The number of nitrogens with zero attached hydrogens (tertiary/aromatic N) is 2. The molecule has 0 bridgehead atoms. The number of aliphatic hydroxyl groups excluding tert-OH is 1. The van der Waals surface area contributed by atoms with Crippen molar-refractivity contribution in [3.8, 4) is 11.4 Å². The molecule has 0 unspecified atom stereocenters. The summed E-state index contributed by atoms with van der Waals surface area (Å²) in [7, 11) is 0. The molecule has 0 saturated heterocycles. The predicted octanol–water partition coefficient (Wildman–Crippen LogP) is 10.2. The van der Waals surface area contributed by atoms with E-state index in [1.165, 1.54) is 17.0 Å². The summed E-state index contributed by atoms with van der Waals surface area (Å²) in [5.41, 5.74) is 3.21. The van der Waals surface area contributed by atoms with E-state index in [1.807, 2.05) is 18.3 Å². The number of fused-ring (bicyclic) bond motifs is 3. The normalized spacial score (nSPS) is 12.2. The number of hydrogen-bond donors (Lipinski definition) is 1. The largest absolute Gasteiger partial charge is 0.512 e. The molecule has 3 aromatic carbocycles. The van der Waals surface area contributed by atoms with Crippen LogP contribution in [0.2, 0.25) is 0 Å². The fourth-order valence-electron chi connectivity index (χ4n) is 6.05. The molecule has 5 heteroatoms. The summed E-state index contributed by atoms with van der Waals surface area (Å²) < 4.78 is 0.